The summed E-state index contributed by atoms with van der Waals surface area (Å²) in [5, 5.41) is 3.60. The zero-order chi connectivity index (χ0) is 29.3. The number of para-hydroxylation sites is 1. The lowest BCUT2D eigenvalue weighted by Crippen LogP contribution is -2.53. The molecule has 0 saturated heterocycles. The number of halogens is 2. The number of nitrogens with one attached hydrogen (secondary N) is 1. The van der Waals surface area contributed by atoms with Gasteiger partial charge in [-0.2, -0.15) is 0 Å². The van der Waals surface area contributed by atoms with Crippen molar-refractivity contribution >= 4 is 50.7 Å². The fourth-order valence-electron chi connectivity index (χ4n) is 4.40. The number of amides is 2. The van der Waals surface area contributed by atoms with Gasteiger partial charge in [0.05, 0.1) is 22.0 Å². The zero-order valence-electron chi connectivity index (χ0n) is 22.9. The molecule has 7 nitrogen and oxygen atoms in total. The number of benzene rings is 3. The average molecular weight is 605 g/mol. The largest absolute Gasteiger partial charge is 0.354 e. The molecule has 0 saturated carbocycles. The lowest BCUT2D eigenvalue weighted by atomic mass is 10.0. The smallest absolute Gasteiger partial charge is 0.244 e. The number of sulfonamides is 1. The van der Waals surface area contributed by atoms with E-state index in [1.54, 1.807) is 30.3 Å². The van der Waals surface area contributed by atoms with Gasteiger partial charge in [-0.1, -0.05) is 91.6 Å². The van der Waals surface area contributed by atoms with E-state index in [0.29, 0.717) is 34.3 Å². The maximum atomic E-state index is 14.1. The number of hydrogen-bond acceptors (Lipinski definition) is 4. The summed E-state index contributed by atoms with van der Waals surface area (Å²) in [6.45, 7) is 3.87. The summed E-state index contributed by atoms with van der Waals surface area (Å²) in [6, 6.07) is 20.6. The average Bonchev–Trinajstić information content (AvgIpc) is 2.94. The van der Waals surface area contributed by atoms with Crippen LogP contribution in [0.2, 0.25) is 10.0 Å². The summed E-state index contributed by atoms with van der Waals surface area (Å²) in [7, 11) is -3.84. The molecule has 3 rings (SSSR count). The van der Waals surface area contributed by atoms with E-state index in [4.69, 9.17) is 23.2 Å². The molecule has 0 radical (unpaired) electrons. The van der Waals surface area contributed by atoms with Crippen LogP contribution in [0, 0.1) is 0 Å². The molecule has 40 heavy (non-hydrogen) atoms. The summed E-state index contributed by atoms with van der Waals surface area (Å²) >= 11 is 12.4. The Morgan fingerprint density at radius 2 is 1.57 bits per heavy atom. The first kappa shape index (κ1) is 31.5. The monoisotopic (exact) mass is 603 g/mol. The van der Waals surface area contributed by atoms with Crippen LogP contribution in [-0.4, -0.2) is 50.5 Å². The highest BCUT2D eigenvalue weighted by Gasteiger charge is 2.33. The van der Waals surface area contributed by atoms with Gasteiger partial charge in [0.1, 0.15) is 12.6 Å². The van der Waals surface area contributed by atoms with Crippen molar-refractivity contribution in [2.24, 2.45) is 0 Å². The fourth-order valence-corrected chi connectivity index (χ4v) is 5.60. The van der Waals surface area contributed by atoms with E-state index in [0.717, 1.165) is 28.1 Å². The number of aryl methyl sites for hydroxylation is 1. The molecule has 0 aliphatic rings. The van der Waals surface area contributed by atoms with E-state index >= 15 is 0 Å². The summed E-state index contributed by atoms with van der Waals surface area (Å²) < 4.78 is 27.1. The number of carbonyl (C=O) groups is 2. The van der Waals surface area contributed by atoms with Gasteiger partial charge in [0.15, 0.2) is 0 Å². The van der Waals surface area contributed by atoms with Gasteiger partial charge in [0.2, 0.25) is 21.8 Å². The lowest BCUT2D eigenvalue weighted by Gasteiger charge is -2.34. The molecular weight excluding hydrogens is 569 g/mol. The van der Waals surface area contributed by atoms with Crippen LogP contribution in [0.4, 0.5) is 5.69 Å². The van der Waals surface area contributed by atoms with Gasteiger partial charge < -0.3 is 10.2 Å². The Hall–Kier alpha value is -3.07. The van der Waals surface area contributed by atoms with Crippen molar-refractivity contribution in [3.05, 3.63) is 99.5 Å². The molecule has 3 aromatic carbocycles. The van der Waals surface area contributed by atoms with Gasteiger partial charge >= 0.3 is 0 Å². The van der Waals surface area contributed by atoms with Crippen molar-refractivity contribution in [3.8, 4) is 0 Å². The van der Waals surface area contributed by atoms with E-state index in [1.807, 2.05) is 56.3 Å². The Morgan fingerprint density at radius 1 is 0.900 bits per heavy atom. The first-order valence-corrected chi connectivity index (χ1v) is 15.8. The highest BCUT2D eigenvalue weighted by Crippen LogP contribution is 2.26. The normalized spacial score (nSPS) is 12.0. The fraction of sp³-hybridized carbons (Fsp3) is 0.333. The van der Waals surface area contributed by atoms with Crippen LogP contribution < -0.4 is 9.62 Å². The third kappa shape index (κ3) is 8.46. The van der Waals surface area contributed by atoms with Crippen LogP contribution in [0.15, 0.2) is 72.8 Å². The van der Waals surface area contributed by atoms with Crippen molar-refractivity contribution in [2.45, 2.75) is 45.7 Å². The standard InChI is InChI=1S/C30H35Cl2N3O4S/c1-4-17-33-30(37)28(19-22-11-7-6-8-12-22)34(20-23-15-16-25(31)26(32)18-23)29(36)21-35(40(3,38)39)27-14-10-9-13-24(27)5-2/h6-16,18,28H,4-5,17,19-21H2,1-3H3,(H,33,37)/t28-/m0/s1. The lowest BCUT2D eigenvalue weighted by molar-refractivity contribution is -0.140. The molecular formula is C30H35Cl2N3O4S. The highest BCUT2D eigenvalue weighted by atomic mass is 35.5. The Bertz CT molecular complexity index is 1420. The Morgan fingerprint density at radius 3 is 2.20 bits per heavy atom. The Balaban J connectivity index is 2.08. The quantitative estimate of drug-likeness (QED) is 0.280. The Labute approximate surface area is 247 Å². The van der Waals surface area contributed by atoms with Crippen molar-refractivity contribution in [1.82, 2.24) is 10.2 Å². The first-order valence-electron chi connectivity index (χ1n) is 13.2. The maximum Gasteiger partial charge on any atom is 0.244 e. The number of carbonyl (C=O) groups excluding carboxylic acids is 2. The van der Waals surface area contributed by atoms with Crippen LogP contribution in [0.3, 0.4) is 0 Å². The minimum absolute atomic E-state index is 0.0276. The van der Waals surface area contributed by atoms with Crippen LogP contribution in [0.5, 0.6) is 0 Å². The van der Waals surface area contributed by atoms with Crippen LogP contribution in [0.1, 0.15) is 37.0 Å². The molecule has 3 aromatic rings. The van der Waals surface area contributed by atoms with Crippen LogP contribution in [0.25, 0.3) is 0 Å². The number of rotatable bonds is 13. The van der Waals surface area contributed by atoms with Crippen molar-refractivity contribution in [1.29, 1.82) is 0 Å². The third-order valence-electron chi connectivity index (χ3n) is 6.48. The summed E-state index contributed by atoms with van der Waals surface area (Å²) in [4.78, 5) is 29.1. The molecule has 0 aromatic heterocycles. The second-order valence-electron chi connectivity index (χ2n) is 9.52. The van der Waals surface area contributed by atoms with Gasteiger partial charge in [-0.15, -0.1) is 0 Å². The third-order valence-corrected chi connectivity index (χ3v) is 8.34. The summed E-state index contributed by atoms with van der Waals surface area (Å²) in [5.74, 6) is -0.839. The van der Waals surface area contributed by atoms with Gasteiger partial charge in [0, 0.05) is 19.5 Å². The van der Waals surface area contributed by atoms with E-state index in [2.05, 4.69) is 5.32 Å². The topological polar surface area (TPSA) is 86.8 Å². The summed E-state index contributed by atoms with van der Waals surface area (Å²) in [6.07, 6.45) is 2.62. The highest BCUT2D eigenvalue weighted by molar-refractivity contribution is 7.92. The van der Waals surface area contributed by atoms with Crippen molar-refractivity contribution < 1.29 is 18.0 Å². The summed E-state index contributed by atoms with van der Waals surface area (Å²) in [5.41, 5.74) is 2.75. The molecule has 1 N–H and O–H groups in total. The number of anilines is 1. The van der Waals surface area contributed by atoms with Crippen molar-refractivity contribution in [2.75, 3.05) is 23.7 Å². The predicted octanol–water partition coefficient (Wildman–Crippen LogP) is 5.49. The maximum absolute atomic E-state index is 14.1. The van der Waals surface area contributed by atoms with Crippen LogP contribution >= 0.6 is 23.2 Å². The molecule has 0 spiro atoms. The minimum Gasteiger partial charge on any atom is -0.354 e. The molecule has 0 heterocycles. The van der Waals surface area contributed by atoms with Gasteiger partial charge in [-0.25, -0.2) is 8.42 Å². The van der Waals surface area contributed by atoms with E-state index in [-0.39, 0.29) is 18.9 Å². The molecule has 0 bridgehead atoms. The van der Waals surface area contributed by atoms with E-state index < -0.39 is 28.5 Å². The van der Waals surface area contributed by atoms with Gasteiger partial charge in [-0.05, 0) is 47.7 Å². The number of nitrogens with zero attached hydrogens (tertiary/aromatic N) is 2. The predicted molar refractivity (Wildman–Crippen MR) is 162 cm³/mol. The first-order chi connectivity index (χ1) is 19.0. The molecule has 0 aliphatic heterocycles. The Kier molecular flexibility index (Phi) is 11.4. The zero-order valence-corrected chi connectivity index (χ0v) is 25.3. The van der Waals surface area contributed by atoms with Crippen LogP contribution in [-0.2, 0) is 39.0 Å². The number of hydrogen-bond donors (Lipinski definition) is 1. The molecule has 2 amide bonds. The van der Waals surface area contributed by atoms with Gasteiger partial charge in [0.25, 0.3) is 0 Å². The molecule has 0 fully saturated rings. The van der Waals surface area contributed by atoms with Gasteiger partial charge in [-0.3, -0.25) is 13.9 Å². The molecule has 0 aliphatic carbocycles. The second-order valence-corrected chi connectivity index (χ2v) is 12.2. The second kappa shape index (κ2) is 14.5. The van der Waals surface area contributed by atoms with E-state index in [1.165, 1.54) is 4.90 Å². The van der Waals surface area contributed by atoms with E-state index in [9.17, 15) is 18.0 Å². The molecule has 214 valence electrons. The minimum atomic E-state index is -3.84. The molecule has 1 atom stereocenters. The molecule has 10 heteroatoms. The SMILES string of the molecule is CCCNC(=O)[C@H](Cc1ccccc1)N(Cc1ccc(Cl)c(Cl)c1)C(=O)CN(c1ccccc1CC)S(C)(=O)=O. The molecule has 0 unspecified atom stereocenters. The van der Waals surface area contributed by atoms with Crippen molar-refractivity contribution in [3.63, 3.8) is 0 Å².